The number of carbonyl (C=O) groups is 1. The summed E-state index contributed by atoms with van der Waals surface area (Å²) in [4.78, 5) is 11.1. The molecule has 0 bridgehead atoms. The lowest BCUT2D eigenvalue weighted by Gasteiger charge is -2.22. The van der Waals surface area contributed by atoms with Gasteiger partial charge in [0.05, 0.1) is 6.42 Å². The summed E-state index contributed by atoms with van der Waals surface area (Å²) in [5.41, 5.74) is 0.674. The van der Waals surface area contributed by atoms with Gasteiger partial charge in [-0.25, -0.2) is 0 Å². The van der Waals surface area contributed by atoms with Crippen molar-refractivity contribution in [1.82, 2.24) is 0 Å². The van der Waals surface area contributed by atoms with Crippen LogP contribution in [0.1, 0.15) is 18.1 Å². The molecule has 5 heteroatoms. The molecule has 0 amide bonds. The van der Waals surface area contributed by atoms with Crippen LogP contribution in [-0.4, -0.2) is 40.6 Å². The number of rotatable bonds is 2. The molecular formula is C13H14O5. The maximum atomic E-state index is 11.1. The van der Waals surface area contributed by atoms with E-state index in [1.54, 1.807) is 24.3 Å². The van der Waals surface area contributed by atoms with E-state index in [2.05, 4.69) is 0 Å². The molecule has 2 aliphatic rings. The number of aliphatic hydroxyl groups is 2. The predicted molar refractivity (Wildman–Crippen MR) is 60.6 cm³/mol. The van der Waals surface area contributed by atoms with Gasteiger partial charge in [0.2, 0.25) is 0 Å². The Hall–Kier alpha value is -1.43. The molecule has 1 aromatic rings. The summed E-state index contributed by atoms with van der Waals surface area (Å²) in [6.45, 7) is 0. The molecule has 1 aromatic carbocycles. The van der Waals surface area contributed by atoms with Crippen LogP contribution in [0.25, 0.3) is 0 Å². The van der Waals surface area contributed by atoms with Crippen LogP contribution >= 0.6 is 0 Å². The van der Waals surface area contributed by atoms with Crippen LogP contribution < -0.4 is 0 Å². The van der Waals surface area contributed by atoms with E-state index in [0.717, 1.165) is 0 Å². The Morgan fingerprint density at radius 1 is 1.28 bits per heavy atom. The number of fused-ring (bicyclic) bond motifs is 1. The maximum absolute atomic E-state index is 11.1. The number of hydrogen-bond donors (Lipinski definition) is 2. The second kappa shape index (κ2) is 4.35. The van der Waals surface area contributed by atoms with Crippen LogP contribution in [0.4, 0.5) is 0 Å². The third kappa shape index (κ3) is 1.80. The van der Waals surface area contributed by atoms with E-state index in [1.165, 1.54) is 0 Å². The highest BCUT2D eigenvalue weighted by atomic mass is 16.6. The fraction of sp³-hybridized carbons (Fsp3) is 0.462. The topological polar surface area (TPSA) is 76.0 Å². The number of aliphatic hydroxyl groups excluding tert-OH is 2. The van der Waals surface area contributed by atoms with Crippen LogP contribution in [-0.2, 0) is 14.3 Å². The van der Waals surface area contributed by atoms with Gasteiger partial charge in [-0.1, -0.05) is 30.3 Å². The molecule has 2 saturated heterocycles. The third-order valence-corrected chi connectivity index (χ3v) is 3.46. The van der Waals surface area contributed by atoms with Crippen LogP contribution in [0.2, 0.25) is 0 Å². The molecule has 0 aromatic heterocycles. The summed E-state index contributed by atoms with van der Waals surface area (Å²) < 4.78 is 10.5. The number of carbonyl (C=O) groups excluding carboxylic acids is 1. The molecule has 2 N–H and O–H groups in total. The largest absolute Gasteiger partial charge is 0.457 e. The van der Waals surface area contributed by atoms with Gasteiger partial charge in [-0.05, 0) is 5.56 Å². The minimum Gasteiger partial charge on any atom is -0.457 e. The smallest absolute Gasteiger partial charge is 0.309 e. The van der Waals surface area contributed by atoms with Crippen molar-refractivity contribution in [3.63, 3.8) is 0 Å². The molecule has 2 heterocycles. The van der Waals surface area contributed by atoms with Crippen molar-refractivity contribution in [3.8, 4) is 0 Å². The lowest BCUT2D eigenvalue weighted by Crippen LogP contribution is -2.35. The Labute approximate surface area is 104 Å². The van der Waals surface area contributed by atoms with E-state index in [9.17, 15) is 15.0 Å². The van der Waals surface area contributed by atoms with Gasteiger partial charge >= 0.3 is 5.97 Å². The van der Waals surface area contributed by atoms with Gasteiger partial charge in [-0.2, -0.15) is 0 Å². The Morgan fingerprint density at radius 2 is 2.00 bits per heavy atom. The molecule has 0 aliphatic carbocycles. The highest BCUT2D eigenvalue weighted by Gasteiger charge is 2.53. The van der Waals surface area contributed by atoms with Gasteiger partial charge in [-0.3, -0.25) is 4.79 Å². The summed E-state index contributed by atoms with van der Waals surface area (Å²) in [7, 11) is 0. The van der Waals surface area contributed by atoms with Crippen molar-refractivity contribution in [3.05, 3.63) is 35.9 Å². The second-order valence-electron chi connectivity index (χ2n) is 4.64. The molecule has 2 fully saturated rings. The van der Waals surface area contributed by atoms with Crippen LogP contribution in [0.3, 0.4) is 0 Å². The highest BCUT2D eigenvalue weighted by molar-refractivity contribution is 5.73. The van der Waals surface area contributed by atoms with Crippen molar-refractivity contribution < 1.29 is 24.5 Å². The summed E-state index contributed by atoms with van der Waals surface area (Å²) in [5, 5.41) is 20.2. The summed E-state index contributed by atoms with van der Waals surface area (Å²) in [5.74, 6) is -0.364. The fourth-order valence-corrected chi connectivity index (χ4v) is 2.54. The van der Waals surface area contributed by atoms with Gasteiger partial charge < -0.3 is 19.7 Å². The van der Waals surface area contributed by atoms with Crippen molar-refractivity contribution >= 4 is 5.97 Å². The molecule has 96 valence electrons. The first-order valence-corrected chi connectivity index (χ1v) is 5.93. The van der Waals surface area contributed by atoms with Crippen LogP contribution in [0.5, 0.6) is 0 Å². The summed E-state index contributed by atoms with van der Waals surface area (Å²) in [6, 6.07) is 8.99. The first-order chi connectivity index (χ1) is 8.66. The molecule has 3 rings (SSSR count). The van der Waals surface area contributed by atoms with E-state index in [0.29, 0.717) is 5.56 Å². The zero-order chi connectivity index (χ0) is 12.7. The predicted octanol–water partition coefficient (Wildman–Crippen LogP) is 0.164. The molecule has 0 spiro atoms. The average Bonchev–Trinajstić information content (AvgIpc) is 2.88. The molecule has 0 saturated carbocycles. The molecular weight excluding hydrogens is 236 g/mol. The minimum absolute atomic E-state index is 0.139. The Balaban J connectivity index is 1.77. The normalized spacial score (nSPS) is 36.2. The number of benzene rings is 1. The minimum atomic E-state index is -0.989. The Kier molecular flexibility index (Phi) is 2.81. The lowest BCUT2D eigenvalue weighted by atomic mass is 9.99. The SMILES string of the molecule is O=C1C[C@@H]2O[C@H]([C@H](O)c3ccccc3)[C@H](O)[C@@H]2O1. The number of hydrogen-bond acceptors (Lipinski definition) is 5. The molecule has 0 radical (unpaired) electrons. The standard InChI is InChI=1S/C13H14O5/c14-9-6-8-12(18-9)11(16)13(17-8)10(15)7-4-2-1-3-5-7/h1-5,8,10-13,15-16H,6H2/t8-,10+,11+,12+,13+/m0/s1. The van der Waals surface area contributed by atoms with Crippen LogP contribution in [0.15, 0.2) is 30.3 Å². The first-order valence-electron chi connectivity index (χ1n) is 5.93. The Bertz CT molecular complexity index is 446. The van der Waals surface area contributed by atoms with Gasteiger partial charge in [0.25, 0.3) is 0 Å². The van der Waals surface area contributed by atoms with Gasteiger partial charge in [-0.15, -0.1) is 0 Å². The van der Waals surface area contributed by atoms with E-state index >= 15 is 0 Å². The van der Waals surface area contributed by atoms with Gasteiger partial charge in [0, 0.05) is 0 Å². The van der Waals surface area contributed by atoms with E-state index in [1.807, 2.05) is 6.07 Å². The van der Waals surface area contributed by atoms with E-state index in [4.69, 9.17) is 9.47 Å². The highest BCUT2D eigenvalue weighted by Crippen LogP contribution is 2.36. The average molecular weight is 250 g/mol. The van der Waals surface area contributed by atoms with Crippen molar-refractivity contribution in [2.75, 3.05) is 0 Å². The summed E-state index contributed by atoms with van der Waals surface area (Å²) in [6.07, 6.45) is -3.63. The van der Waals surface area contributed by atoms with Crippen molar-refractivity contribution in [2.45, 2.75) is 36.9 Å². The monoisotopic (exact) mass is 250 g/mol. The second-order valence-corrected chi connectivity index (χ2v) is 4.64. The van der Waals surface area contributed by atoms with Gasteiger partial charge in [0.15, 0.2) is 6.10 Å². The Morgan fingerprint density at radius 3 is 2.67 bits per heavy atom. The third-order valence-electron chi connectivity index (χ3n) is 3.46. The molecule has 18 heavy (non-hydrogen) atoms. The number of ether oxygens (including phenoxy) is 2. The van der Waals surface area contributed by atoms with Crippen LogP contribution in [0, 0.1) is 0 Å². The maximum Gasteiger partial charge on any atom is 0.309 e. The van der Waals surface area contributed by atoms with E-state index < -0.39 is 30.5 Å². The molecule has 2 aliphatic heterocycles. The molecule has 0 unspecified atom stereocenters. The quantitative estimate of drug-likeness (QED) is 0.731. The lowest BCUT2D eigenvalue weighted by molar-refractivity contribution is -0.147. The fourth-order valence-electron chi connectivity index (χ4n) is 2.54. The first kappa shape index (κ1) is 11.6. The number of esters is 1. The molecule has 5 atom stereocenters. The summed E-state index contributed by atoms with van der Waals surface area (Å²) >= 11 is 0. The van der Waals surface area contributed by atoms with Crippen molar-refractivity contribution in [2.24, 2.45) is 0 Å². The zero-order valence-corrected chi connectivity index (χ0v) is 9.60. The molecule has 5 nitrogen and oxygen atoms in total. The van der Waals surface area contributed by atoms with E-state index in [-0.39, 0.29) is 12.4 Å². The van der Waals surface area contributed by atoms with Crippen molar-refractivity contribution in [1.29, 1.82) is 0 Å². The zero-order valence-electron chi connectivity index (χ0n) is 9.60. The van der Waals surface area contributed by atoms with Gasteiger partial charge in [0.1, 0.15) is 24.4 Å².